The highest BCUT2D eigenvalue weighted by molar-refractivity contribution is 7.92. The zero-order chi connectivity index (χ0) is 27.8. The van der Waals surface area contributed by atoms with E-state index in [1.165, 1.54) is 10.5 Å². The molecule has 0 aliphatic carbocycles. The minimum Gasteiger partial charge on any atom is -0.489 e. The molecule has 200 valence electrons. The molecule has 0 saturated carbocycles. The highest BCUT2D eigenvalue weighted by atomic mass is 35.5. The first-order valence-corrected chi connectivity index (χ1v) is 14.4. The second-order valence-corrected chi connectivity index (χ2v) is 11.3. The third-order valence-corrected chi connectivity index (χ3v) is 7.43. The van der Waals surface area contributed by atoms with Crippen LogP contribution in [0.1, 0.15) is 27.0 Å². The van der Waals surface area contributed by atoms with Gasteiger partial charge in [0.2, 0.25) is 10.0 Å². The van der Waals surface area contributed by atoms with Gasteiger partial charge in [0, 0.05) is 21.2 Å². The second kappa shape index (κ2) is 12.8. The van der Waals surface area contributed by atoms with Gasteiger partial charge in [-0.25, -0.2) is 13.8 Å². The number of amides is 1. The summed E-state index contributed by atoms with van der Waals surface area (Å²) in [5.41, 5.74) is 5.69. The van der Waals surface area contributed by atoms with Crippen LogP contribution in [0.5, 0.6) is 5.75 Å². The van der Waals surface area contributed by atoms with Crippen molar-refractivity contribution in [3.05, 3.63) is 129 Å². The number of carbonyl (C=O) groups is 1. The van der Waals surface area contributed by atoms with Crippen molar-refractivity contribution >= 4 is 51.0 Å². The number of benzene rings is 4. The number of anilines is 1. The van der Waals surface area contributed by atoms with Crippen molar-refractivity contribution in [2.45, 2.75) is 13.2 Å². The number of hydrazone groups is 1. The van der Waals surface area contributed by atoms with E-state index in [-0.39, 0.29) is 6.54 Å². The van der Waals surface area contributed by atoms with E-state index in [9.17, 15) is 13.2 Å². The molecule has 0 atom stereocenters. The van der Waals surface area contributed by atoms with E-state index >= 15 is 0 Å². The van der Waals surface area contributed by atoms with Gasteiger partial charge in [-0.1, -0.05) is 53.5 Å². The Balaban J connectivity index is 1.33. The van der Waals surface area contributed by atoms with Crippen LogP contribution in [0.15, 0.2) is 102 Å². The van der Waals surface area contributed by atoms with E-state index in [2.05, 4.69) is 10.5 Å². The Morgan fingerprint density at radius 3 is 2.23 bits per heavy atom. The molecule has 1 amide bonds. The summed E-state index contributed by atoms with van der Waals surface area (Å²) >= 11 is 12.1. The molecule has 0 aliphatic rings. The molecular formula is C29H25Cl2N3O4S. The molecule has 0 fully saturated rings. The molecule has 0 aliphatic heterocycles. The van der Waals surface area contributed by atoms with Crippen molar-refractivity contribution in [1.29, 1.82) is 0 Å². The van der Waals surface area contributed by atoms with Crippen LogP contribution in [0, 0.1) is 0 Å². The van der Waals surface area contributed by atoms with Gasteiger partial charge in [0.15, 0.2) is 0 Å². The molecule has 0 heterocycles. The fraction of sp³-hybridized carbons (Fsp3) is 0.103. The summed E-state index contributed by atoms with van der Waals surface area (Å²) < 4.78 is 31.9. The summed E-state index contributed by atoms with van der Waals surface area (Å²) in [5.74, 6) is 0.247. The number of sulfonamides is 1. The number of nitrogens with one attached hydrogen (secondary N) is 1. The summed E-state index contributed by atoms with van der Waals surface area (Å²) in [6.07, 6.45) is 2.65. The average Bonchev–Trinajstić information content (AvgIpc) is 2.92. The Bertz CT molecular complexity index is 1560. The Hall–Kier alpha value is -3.85. The molecule has 0 radical (unpaired) electrons. The molecule has 0 spiro atoms. The number of rotatable bonds is 10. The average molecular weight is 583 g/mol. The van der Waals surface area contributed by atoms with Gasteiger partial charge in [-0.2, -0.15) is 5.10 Å². The maximum atomic E-state index is 12.5. The van der Waals surface area contributed by atoms with E-state index in [0.717, 1.165) is 22.9 Å². The molecule has 0 saturated heterocycles. The number of ether oxygens (including phenoxy) is 1. The van der Waals surface area contributed by atoms with Crippen LogP contribution in [0.2, 0.25) is 10.0 Å². The standard InChI is InChI=1S/C29H25Cl2N3O4S/c1-39(36,37)34(19-22-6-12-25(30)13-7-22)26-14-10-23(11-15-26)29(35)33-32-18-21-8-16-27(17-9-21)38-20-24-4-2-3-5-28(24)31/h2-18H,19-20H2,1H3,(H,33,35)/b32-18-. The van der Waals surface area contributed by atoms with Crippen LogP contribution in [0.25, 0.3) is 0 Å². The number of hydrogen-bond donors (Lipinski definition) is 1. The first-order chi connectivity index (χ1) is 18.7. The molecule has 4 aromatic rings. The van der Waals surface area contributed by atoms with Gasteiger partial charge in [-0.05, 0) is 77.9 Å². The Morgan fingerprint density at radius 1 is 0.923 bits per heavy atom. The van der Waals surface area contributed by atoms with Crippen LogP contribution < -0.4 is 14.5 Å². The Labute approximate surface area is 237 Å². The van der Waals surface area contributed by atoms with Crippen LogP contribution >= 0.6 is 23.2 Å². The zero-order valence-electron chi connectivity index (χ0n) is 20.9. The number of nitrogens with zero attached hydrogens (tertiary/aromatic N) is 2. The maximum absolute atomic E-state index is 12.5. The SMILES string of the molecule is CS(=O)(=O)N(Cc1ccc(Cl)cc1)c1ccc(C(=O)N/N=C\c2ccc(OCc3ccccc3Cl)cc2)cc1. The van der Waals surface area contributed by atoms with Crippen LogP contribution in [0.4, 0.5) is 5.69 Å². The van der Waals surface area contributed by atoms with Crippen molar-refractivity contribution in [2.75, 3.05) is 10.6 Å². The lowest BCUT2D eigenvalue weighted by atomic mass is 10.2. The largest absolute Gasteiger partial charge is 0.489 e. The topological polar surface area (TPSA) is 88.1 Å². The minimum atomic E-state index is -3.57. The lowest BCUT2D eigenvalue weighted by Gasteiger charge is -2.22. The Kier molecular flexibility index (Phi) is 9.24. The van der Waals surface area contributed by atoms with E-state index in [0.29, 0.717) is 33.7 Å². The van der Waals surface area contributed by atoms with Crippen LogP contribution in [0.3, 0.4) is 0 Å². The van der Waals surface area contributed by atoms with Gasteiger partial charge in [-0.15, -0.1) is 0 Å². The molecule has 39 heavy (non-hydrogen) atoms. The summed E-state index contributed by atoms with van der Waals surface area (Å²) in [7, 11) is -3.57. The van der Waals surface area contributed by atoms with Crippen molar-refractivity contribution in [3.63, 3.8) is 0 Å². The third-order valence-electron chi connectivity index (χ3n) is 5.67. The molecular weight excluding hydrogens is 557 g/mol. The maximum Gasteiger partial charge on any atom is 0.271 e. The molecule has 0 aromatic heterocycles. The Morgan fingerprint density at radius 2 is 1.59 bits per heavy atom. The second-order valence-electron chi connectivity index (χ2n) is 8.59. The first-order valence-electron chi connectivity index (χ1n) is 11.8. The highest BCUT2D eigenvalue weighted by Gasteiger charge is 2.18. The summed E-state index contributed by atoms with van der Waals surface area (Å²) in [5, 5.41) is 5.23. The van der Waals surface area contributed by atoms with Crippen molar-refractivity contribution in [1.82, 2.24) is 5.43 Å². The van der Waals surface area contributed by atoms with E-state index in [1.807, 2.05) is 36.4 Å². The summed E-state index contributed by atoms with van der Waals surface area (Å²) in [4.78, 5) is 12.5. The highest BCUT2D eigenvalue weighted by Crippen LogP contribution is 2.22. The van der Waals surface area contributed by atoms with Crippen LogP contribution in [-0.4, -0.2) is 26.8 Å². The van der Waals surface area contributed by atoms with Gasteiger partial charge in [0.05, 0.1) is 24.7 Å². The molecule has 1 N–H and O–H groups in total. The van der Waals surface area contributed by atoms with Crippen molar-refractivity contribution < 1.29 is 17.9 Å². The quantitative estimate of drug-likeness (QED) is 0.176. The summed E-state index contributed by atoms with van der Waals surface area (Å²) in [6, 6.07) is 27.9. The summed E-state index contributed by atoms with van der Waals surface area (Å²) in [6.45, 7) is 0.487. The number of carbonyl (C=O) groups excluding carboxylic acids is 1. The van der Waals surface area contributed by atoms with Gasteiger partial charge in [-0.3, -0.25) is 9.10 Å². The van der Waals surface area contributed by atoms with Gasteiger partial charge in [0.25, 0.3) is 5.91 Å². The van der Waals surface area contributed by atoms with Gasteiger partial charge < -0.3 is 4.74 Å². The lowest BCUT2D eigenvalue weighted by molar-refractivity contribution is 0.0955. The van der Waals surface area contributed by atoms with Gasteiger partial charge >= 0.3 is 0 Å². The normalized spacial score (nSPS) is 11.4. The number of hydrogen-bond acceptors (Lipinski definition) is 5. The van der Waals surface area contributed by atoms with Crippen LogP contribution in [-0.2, 0) is 23.2 Å². The van der Waals surface area contributed by atoms with Crippen molar-refractivity contribution in [3.8, 4) is 5.75 Å². The molecule has 0 unspecified atom stereocenters. The van der Waals surface area contributed by atoms with E-state index in [1.54, 1.807) is 60.7 Å². The van der Waals surface area contributed by atoms with E-state index < -0.39 is 15.9 Å². The zero-order valence-corrected chi connectivity index (χ0v) is 23.2. The molecule has 7 nitrogen and oxygen atoms in total. The molecule has 4 rings (SSSR count). The van der Waals surface area contributed by atoms with Crippen molar-refractivity contribution in [2.24, 2.45) is 5.10 Å². The first kappa shape index (κ1) is 28.2. The van der Waals surface area contributed by atoms with Gasteiger partial charge in [0.1, 0.15) is 12.4 Å². The smallest absolute Gasteiger partial charge is 0.271 e. The predicted octanol–water partition coefficient (Wildman–Crippen LogP) is 6.30. The third kappa shape index (κ3) is 8.07. The molecule has 4 aromatic carbocycles. The fourth-order valence-corrected chi connectivity index (χ4v) is 4.80. The fourth-order valence-electron chi connectivity index (χ4n) is 3.59. The minimum absolute atomic E-state index is 0.135. The monoisotopic (exact) mass is 581 g/mol. The molecule has 10 heteroatoms. The van der Waals surface area contributed by atoms with E-state index in [4.69, 9.17) is 27.9 Å². The predicted molar refractivity (Wildman–Crippen MR) is 156 cm³/mol. The molecule has 0 bridgehead atoms. The number of halogens is 2. The lowest BCUT2D eigenvalue weighted by Crippen LogP contribution is -2.29.